The summed E-state index contributed by atoms with van der Waals surface area (Å²) in [5.74, 6) is 0. The van der Waals surface area contributed by atoms with Gasteiger partial charge in [0.15, 0.2) is 0 Å². The highest BCUT2D eigenvalue weighted by Crippen LogP contribution is 2.32. The Labute approximate surface area is 132 Å². The number of halogens is 1. The molecule has 2 aliphatic heterocycles. The summed E-state index contributed by atoms with van der Waals surface area (Å²) in [4.78, 5) is 15.6. The first-order chi connectivity index (χ1) is 10.1. The normalized spacial score (nSPS) is 23.5. The summed E-state index contributed by atoms with van der Waals surface area (Å²) < 4.78 is 0.744. The Kier molecular flexibility index (Phi) is 4.42. The van der Waals surface area contributed by atoms with Gasteiger partial charge in [0, 0.05) is 49.3 Å². The molecule has 2 fully saturated rings. The molecule has 0 aromatic heterocycles. The lowest BCUT2D eigenvalue weighted by Crippen LogP contribution is -2.51. The van der Waals surface area contributed by atoms with Gasteiger partial charge in [-0.15, -0.1) is 0 Å². The molecule has 1 atom stereocenters. The maximum Gasteiger partial charge on any atom is 0.293 e. The third kappa shape index (κ3) is 3.20. The van der Waals surface area contributed by atoms with E-state index in [1.54, 1.807) is 6.07 Å². The van der Waals surface area contributed by atoms with Gasteiger partial charge in [0.25, 0.3) is 5.69 Å². The van der Waals surface area contributed by atoms with Crippen molar-refractivity contribution < 1.29 is 4.92 Å². The summed E-state index contributed by atoms with van der Waals surface area (Å²) in [6.45, 7) is 5.80. The van der Waals surface area contributed by atoms with Gasteiger partial charge in [-0.25, -0.2) is 0 Å². The van der Waals surface area contributed by atoms with Gasteiger partial charge >= 0.3 is 0 Å². The van der Waals surface area contributed by atoms with Crippen LogP contribution in [0.15, 0.2) is 22.7 Å². The number of rotatable bonds is 3. The Bertz CT molecular complexity index is 526. The van der Waals surface area contributed by atoms with E-state index in [4.69, 9.17) is 0 Å². The van der Waals surface area contributed by atoms with Gasteiger partial charge < -0.3 is 10.2 Å². The Morgan fingerprint density at radius 1 is 1.29 bits per heavy atom. The minimum Gasteiger partial charge on any atom is -0.363 e. The maximum absolute atomic E-state index is 11.2. The number of piperazine rings is 1. The Balaban J connectivity index is 1.70. The molecule has 2 aliphatic rings. The number of hydrogen-bond acceptors (Lipinski definition) is 5. The van der Waals surface area contributed by atoms with Crippen molar-refractivity contribution in [2.45, 2.75) is 12.5 Å². The molecule has 114 valence electrons. The SMILES string of the molecule is O=[N+]([O-])c1cc(Br)ccc1N1CCN(C2CCNC2)CC1. The lowest BCUT2D eigenvalue weighted by molar-refractivity contribution is -0.384. The van der Waals surface area contributed by atoms with Crippen molar-refractivity contribution in [1.29, 1.82) is 0 Å². The predicted molar refractivity (Wildman–Crippen MR) is 85.9 cm³/mol. The first kappa shape index (κ1) is 14.7. The zero-order chi connectivity index (χ0) is 14.8. The van der Waals surface area contributed by atoms with Crippen LogP contribution < -0.4 is 10.2 Å². The molecule has 1 aromatic carbocycles. The number of nitro groups is 1. The molecule has 7 heteroatoms. The summed E-state index contributed by atoms with van der Waals surface area (Å²) in [6.07, 6.45) is 1.21. The molecule has 0 amide bonds. The minimum absolute atomic E-state index is 0.181. The Morgan fingerprint density at radius 3 is 2.67 bits per heavy atom. The van der Waals surface area contributed by atoms with Gasteiger partial charge in [0.2, 0.25) is 0 Å². The molecular weight excluding hydrogens is 336 g/mol. The minimum atomic E-state index is -0.298. The Hall–Kier alpha value is -1.18. The average molecular weight is 355 g/mol. The highest BCUT2D eigenvalue weighted by Gasteiger charge is 2.28. The fourth-order valence-corrected chi connectivity index (χ4v) is 3.54. The van der Waals surface area contributed by atoms with Crippen LogP contribution >= 0.6 is 15.9 Å². The average Bonchev–Trinajstić information content (AvgIpc) is 3.01. The van der Waals surface area contributed by atoms with Crippen molar-refractivity contribution in [3.8, 4) is 0 Å². The summed E-state index contributed by atoms with van der Waals surface area (Å²) >= 11 is 3.30. The van der Waals surface area contributed by atoms with Crippen LogP contribution in [0.3, 0.4) is 0 Å². The zero-order valence-corrected chi connectivity index (χ0v) is 13.4. The van der Waals surface area contributed by atoms with Gasteiger partial charge in [-0.2, -0.15) is 0 Å². The van der Waals surface area contributed by atoms with Crippen LogP contribution in [0.5, 0.6) is 0 Å². The van der Waals surface area contributed by atoms with E-state index in [2.05, 4.69) is 31.0 Å². The molecule has 0 spiro atoms. The summed E-state index contributed by atoms with van der Waals surface area (Å²) in [5, 5.41) is 14.6. The lowest BCUT2D eigenvalue weighted by Gasteiger charge is -2.38. The zero-order valence-electron chi connectivity index (χ0n) is 11.8. The van der Waals surface area contributed by atoms with Crippen LogP contribution in [0.2, 0.25) is 0 Å². The summed E-state index contributed by atoms with van der Waals surface area (Å²) in [6, 6.07) is 5.93. The number of nitro benzene ring substituents is 1. The van der Waals surface area contributed by atoms with E-state index in [0.717, 1.165) is 49.4 Å². The fraction of sp³-hybridized carbons (Fsp3) is 0.571. The number of hydrogen-bond donors (Lipinski definition) is 1. The number of benzene rings is 1. The second-order valence-electron chi connectivity index (χ2n) is 5.56. The highest BCUT2D eigenvalue weighted by atomic mass is 79.9. The molecule has 1 unspecified atom stereocenters. The van der Waals surface area contributed by atoms with Crippen LogP contribution in [-0.2, 0) is 0 Å². The molecule has 2 saturated heterocycles. The second-order valence-corrected chi connectivity index (χ2v) is 6.48. The summed E-state index contributed by atoms with van der Waals surface area (Å²) in [7, 11) is 0. The van der Waals surface area contributed by atoms with Crippen LogP contribution in [0.1, 0.15) is 6.42 Å². The molecule has 0 aliphatic carbocycles. The quantitative estimate of drug-likeness (QED) is 0.662. The molecule has 2 heterocycles. The van der Waals surface area contributed by atoms with E-state index in [0.29, 0.717) is 6.04 Å². The molecular formula is C14H19BrN4O2. The smallest absolute Gasteiger partial charge is 0.293 e. The number of nitrogens with one attached hydrogen (secondary N) is 1. The molecule has 6 nitrogen and oxygen atoms in total. The van der Waals surface area contributed by atoms with Gasteiger partial charge in [0.05, 0.1) is 4.92 Å². The van der Waals surface area contributed by atoms with E-state index in [9.17, 15) is 10.1 Å². The van der Waals surface area contributed by atoms with Crippen LogP contribution in [0.25, 0.3) is 0 Å². The standard InChI is InChI=1S/C14H19BrN4O2/c15-11-1-2-13(14(9-11)19(20)21)18-7-5-17(6-8-18)12-3-4-16-10-12/h1-2,9,12,16H,3-8,10H2. The molecule has 1 aromatic rings. The van der Waals surface area contributed by atoms with E-state index < -0.39 is 0 Å². The third-order valence-electron chi connectivity index (χ3n) is 4.34. The molecule has 0 bridgehead atoms. The van der Waals surface area contributed by atoms with Crippen molar-refractivity contribution in [2.24, 2.45) is 0 Å². The van der Waals surface area contributed by atoms with Crippen molar-refractivity contribution in [3.63, 3.8) is 0 Å². The predicted octanol–water partition coefficient (Wildman–Crippen LogP) is 1.84. The monoisotopic (exact) mass is 354 g/mol. The molecule has 21 heavy (non-hydrogen) atoms. The van der Waals surface area contributed by atoms with Crippen LogP contribution in [0.4, 0.5) is 11.4 Å². The molecule has 3 rings (SSSR count). The largest absolute Gasteiger partial charge is 0.363 e. The summed E-state index contributed by atoms with van der Waals surface area (Å²) in [5.41, 5.74) is 0.910. The topological polar surface area (TPSA) is 61.7 Å². The van der Waals surface area contributed by atoms with Crippen molar-refractivity contribution >= 4 is 27.3 Å². The van der Waals surface area contributed by atoms with Crippen LogP contribution in [-0.4, -0.2) is 55.1 Å². The van der Waals surface area contributed by atoms with Gasteiger partial charge in [-0.1, -0.05) is 15.9 Å². The Morgan fingerprint density at radius 2 is 2.05 bits per heavy atom. The first-order valence-corrected chi connectivity index (χ1v) is 8.08. The van der Waals surface area contributed by atoms with Crippen molar-refractivity contribution in [3.05, 3.63) is 32.8 Å². The molecule has 0 saturated carbocycles. The van der Waals surface area contributed by atoms with E-state index in [1.807, 2.05) is 12.1 Å². The number of anilines is 1. The van der Waals surface area contributed by atoms with E-state index in [-0.39, 0.29) is 10.6 Å². The van der Waals surface area contributed by atoms with E-state index in [1.165, 1.54) is 6.42 Å². The number of nitrogens with zero attached hydrogens (tertiary/aromatic N) is 3. The van der Waals surface area contributed by atoms with Crippen molar-refractivity contribution in [1.82, 2.24) is 10.2 Å². The third-order valence-corrected chi connectivity index (χ3v) is 4.83. The second kappa shape index (κ2) is 6.29. The fourth-order valence-electron chi connectivity index (χ4n) is 3.19. The highest BCUT2D eigenvalue weighted by molar-refractivity contribution is 9.10. The first-order valence-electron chi connectivity index (χ1n) is 7.29. The molecule has 0 radical (unpaired) electrons. The van der Waals surface area contributed by atoms with Gasteiger partial charge in [0.1, 0.15) is 5.69 Å². The van der Waals surface area contributed by atoms with Gasteiger partial charge in [-0.05, 0) is 25.1 Å². The van der Waals surface area contributed by atoms with Gasteiger partial charge in [-0.3, -0.25) is 15.0 Å². The maximum atomic E-state index is 11.2. The molecule has 1 N–H and O–H groups in total. The van der Waals surface area contributed by atoms with Crippen molar-refractivity contribution in [2.75, 3.05) is 44.2 Å². The lowest BCUT2D eigenvalue weighted by atomic mass is 10.1. The van der Waals surface area contributed by atoms with E-state index >= 15 is 0 Å². The van der Waals surface area contributed by atoms with Crippen LogP contribution in [0, 0.1) is 10.1 Å².